The predicted octanol–water partition coefficient (Wildman–Crippen LogP) is 4.65. The van der Waals surface area contributed by atoms with E-state index in [1.807, 2.05) is 5.38 Å². The molecule has 0 radical (unpaired) electrons. The molecular formula is C20H16Cl2N4O3S. The van der Waals surface area contributed by atoms with E-state index in [-0.39, 0.29) is 25.4 Å². The molecule has 0 unspecified atom stereocenters. The highest BCUT2D eigenvalue weighted by atomic mass is 35.5. The molecule has 154 valence electrons. The summed E-state index contributed by atoms with van der Waals surface area (Å²) in [6.45, 7) is 0.531. The Morgan fingerprint density at radius 2 is 2.03 bits per heavy atom. The summed E-state index contributed by atoms with van der Waals surface area (Å²) in [6.07, 6.45) is 1.74. The number of aliphatic hydroxyl groups is 1. The number of hydrogen-bond acceptors (Lipinski definition) is 8. The van der Waals surface area contributed by atoms with Crippen LogP contribution in [0.1, 0.15) is 16.8 Å². The molecule has 0 fully saturated rings. The maximum absolute atomic E-state index is 12.7. The Morgan fingerprint density at radius 3 is 2.80 bits per heavy atom. The number of halogens is 2. The second kappa shape index (κ2) is 9.09. The van der Waals surface area contributed by atoms with Crippen molar-refractivity contribution < 1.29 is 14.6 Å². The molecule has 2 aromatic heterocycles. The van der Waals surface area contributed by atoms with Crippen molar-refractivity contribution in [1.29, 1.82) is 0 Å². The van der Waals surface area contributed by atoms with Crippen LogP contribution in [0.2, 0.25) is 10.0 Å². The average Bonchev–Trinajstić information content (AvgIpc) is 3.18. The van der Waals surface area contributed by atoms with Gasteiger partial charge in [-0.25, -0.2) is 4.98 Å². The summed E-state index contributed by atoms with van der Waals surface area (Å²) < 4.78 is 5.74. The molecule has 3 heterocycles. The van der Waals surface area contributed by atoms with Crippen molar-refractivity contribution >= 4 is 56.9 Å². The zero-order valence-electron chi connectivity index (χ0n) is 15.6. The van der Waals surface area contributed by atoms with E-state index in [1.54, 1.807) is 30.5 Å². The van der Waals surface area contributed by atoms with Crippen LogP contribution in [0.15, 0.2) is 40.8 Å². The third-order valence-corrected chi connectivity index (χ3v) is 5.47. The molecule has 3 aromatic rings. The highest BCUT2D eigenvalue weighted by Gasteiger charge is 2.25. The van der Waals surface area contributed by atoms with Crippen LogP contribution >= 0.6 is 34.5 Å². The largest absolute Gasteiger partial charge is 0.488 e. The fraction of sp³-hybridized carbons (Fsp3) is 0.200. The van der Waals surface area contributed by atoms with Crippen molar-refractivity contribution in [2.24, 2.45) is 4.99 Å². The number of nitrogens with one attached hydrogen (secondary N) is 1. The minimum atomic E-state index is -0.0553. The minimum absolute atomic E-state index is 0.00783. The number of carbonyl (C=O) groups excluding carboxylic acids is 1. The first kappa shape index (κ1) is 20.7. The van der Waals surface area contributed by atoms with Gasteiger partial charge in [-0.2, -0.15) is 0 Å². The molecule has 0 amide bonds. The average molecular weight is 463 g/mol. The number of hydrogen-bond donors (Lipinski definition) is 2. The van der Waals surface area contributed by atoms with Crippen molar-refractivity contribution in [2.45, 2.75) is 6.42 Å². The van der Waals surface area contributed by atoms with E-state index in [1.165, 1.54) is 11.3 Å². The number of ether oxygens (including phenoxy) is 1. The quantitative estimate of drug-likeness (QED) is 0.530. The lowest BCUT2D eigenvalue weighted by Gasteiger charge is -2.17. The zero-order chi connectivity index (χ0) is 21.1. The summed E-state index contributed by atoms with van der Waals surface area (Å²) in [7, 11) is 0. The maximum atomic E-state index is 12.7. The van der Waals surface area contributed by atoms with E-state index in [0.717, 1.165) is 0 Å². The van der Waals surface area contributed by atoms with Crippen LogP contribution in [-0.4, -0.2) is 46.3 Å². The van der Waals surface area contributed by atoms with Gasteiger partial charge in [0.05, 0.1) is 18.7 Å². The van der Waals surface area contributed by atoms with E-state index >= 15 is 0 Å². The number of rotatable bonds is 7. The van der Waals surface area contributed by atoms with Gasteiger partial charge in [0.2, 0.25) is 0 Å². The zero-order valence-corrected chi connectivity index (χ0v) is 17.9. The van der Waals surface area contributed by atoms with E-state index < -0.39 is 0 Å². The number of aromatic nitrogens is 2. The van der Waals surface area contributed by atoms with Crippen LogP contribution < -0.4 is 10.1 Å². The van der Waals surface area contributed by atoms with Crippen molar-refractivity contribution in [3.8, 4) is 17.1 Å². The van der Waals surface area contributed by atoms with E-state index in [0.29, 0.717) is 55.8 Å². The number of aliphatic imine (C=N–C) groups is 1. The third-order valence-electron chi connectivity index (χ3n) is 4.24. The van der Waals surface area contributed by atoms with E-state index in [2.05, 4.69) is 20.3 Å². The lowest BCUT2D eigenvalue weighted by molar-refractivity contribution is 0.0998. The van der Waals surface area contributed by atoms with Crippen LogP contribution in [0.4, 0.5) is 10.8 Å². The predicted molar refractivity (Wildman–Crippen MR) is 119 cm³/mol. The number of benzene rings is 1. The second-order valence-electron chi connectivity index (χ2n) is 6.42. The lowest BCUT2D eigenvalue weighted by Crippen LogP contribution is -2.20. The standard InChI is InChI=1S/C20H16Cl2N4O3S/c21-11-5-12(22)7-14(6-11)29-9-13-8-17(28)15-1-2-23-19(18(15)25-13)16-10-30-20(26-16)24-3-4-27/h1-2,5-7,10,27H,3-4,8-9H2,(H,24,26). The number of carbonyl (C=O) groups is 1. The fourth-order valence-corrected chi connectivity index (χ4v) is 4.18. The first-order chi connectivity index (χ1) is 14.5. The molecule has 0 saturated heterocycles. The lowest BCUT2D eigenvalue weighted by atomic mass is 9.99. The smallest absolute Gasteiger partial charge is 0.183 e. The van der Waals surface area contributed by atoms with Gasteiger partial charge in [0.15, 0.2) is 10.9 Å². The first-order valence-electron chi connectivity index (χ1n) is 9.01. The molecule has 1 aromatic carbocycles. The fourth-order valence-electron chi connectivity index (χ4n) is 2.95. The van der Waals surface area contributed by atoms with Gasteiger partial charge in [-0.3, -0.25) is 14.8 Å². The number of Topliss-reactive ketones (excluding diaryl/α,β-unsaturated/α-hetero) is 1. The van der Waals surface area contributed by atoms with E-state index in [4.69, 9.17) is 33.0 Å². The Morgan fingerprint density at radius 1 is 1.23 bits per heavy atom. The summed E-state index contributed by atoms with van der Waals surface area (Å²) >= 11 is 13.4. The van der Waals surface area contributed by atoms with Gasteiger partial charge in [-0.05, 0) is 24.3 Å². The number of ketones is 1. The monoisotopic (exact) mass is 462 g/mol. The molecule has 0 saturated carbocycles. The van der Waals surface area contributed by atoms with Gasteiger partial charge in [-0.15, -0.1) is 11.3 Å². The summed E-state index contributed by atoms with van der Waals surface area (Å²) in [5, 5.41) is 15.4. The number of pyridine rings is 1. The van der Waals surface area contributed by atoms with Gasteiger partial charge in [0.1, 0.15) is 29.4 Å². The van der Waals surface area contributed by atoms with Gasteiger partial charge >= 0.3 is 0 Å². The number of anilines is 1. The SMILES string of the molecule is O=C1CC(COc2cc(Cl)cc(Cl)c2)=Nc2c1ccnc2-c1csc(NCCO)n1. The Balaban J connectivity index is 1.61. The van der Waals surface area contributed by atoms with Crippen molar-refractivity contribution in [3.63, 3.8) is 0 Å². The molecular weight excluding hydrogens is 447 g/mol. The molecule has 0 aliphatic carbocycles. The van der Waals surface area contributed by atoms with Crippen LogP contribution in [0, 0.1) is 0 Å². The van der Waals surface area contributed by atoms with Crippen LogP contribution in [0.5, 0.6) is 5.75 Å². The van der Waals surface area contributed by atoms with Gasteiger partial charge in [-0.1, -0.05) is 23.2 Å². The molecule has 2 N–H and O–H groups in total. The number of fused-ring (bicyclic) bond motifs is 1. The Hall–Kier alpha value is -2.52. The first-order valence-corrected chi connectivity index (χ1v) is 10.6. The molecule has 0 atom stereocenters. The summed E-state index contributed by atoms with van der Waals surface area (Å²) in [5.74, 6) is 0.444. The molecule has 4 rings (SSSR count). The van der Waals surface area contributed by atoms with Crippen molar-refractivity contribution in [2.75, 3.05) is 25.1 Å². The van der Waals surface area contributed by atoms with Crippen molar-refractivity contribution in [3.05, 3.63) is 51.5 Å². The topological polar surface area (TPSA) is 96.7 Å². The number of aliphatic hydroxyl groups excluding tert-OH is 1. The molecule has 7 nitrogen and oxygen atoms in total. The van der Waals surface area contributed by atoms with Crippen LogP contribution in [-0.2, 0) is 0 Å². The summed E-state index contributed by atoms with van der Waals surface area (Å²) in [6, 6.07) is 6.57. The van der Waals surface area contributed by atoms with Crippen LogP contribution in [0.3, 0.4) is 0 Å². The molecule has 1 aliphatic heterocycles. The van der Waals surface area contributed by atoms with Crippen LogP contribution in [0.25, 0.3) is 11.4 Å². The normalized spacial score (nSPS) is 13.0. The summed E-state index contributed by atoms with van der Waals surface area (Å²) in [4.78, 5) is 26.2. The molecule has 10 heteroatoms. The number of nitrogens with zero attached hydrogens (tertiary/aromatic N) is 3. The molecule has 30 heavy (non-hydrogen) atoms. The molecule has 0 bridgehead atoms. The third kappa shape index (κ3) is 4.62. The van der Waals surface area contributed by atoms with Crippen molar-refractivity contribution in [1.82, 2.24) is 9.97 Å². The molecule has 1 aliphatic rings. The Kier molecular flexibility index (Phi) is 6.29. The van der Waals surface area contributed by atoms with Gasteiger partial charge in [0.25, 0.3) is 0 Å². The van der Waals surface area contributed by atoms with Gasteiger partial charge in [0, 0.05) is 33.7 Å². The summed E-state index contributed by atoms with van der Waals surface area (Å²) in [5.41, 5.74) is 2.70. The minimum Gasteiger partial charge on any atom is -0.488 e. The van der Waals surface area contributed by atoms with Gasteiger partial charge < -0.3 is 15.2 Å². The van der Waals surface area contributed by atoms with E-state index in [9.17, 15) is 4.79 Å². The Labute approximate surface area is 186 Å². The highest BCUT2D eigenvalue weighted by Crippen LogP contribution is 2.36. The highest BCUT2D eigenvalue weighted by molar-refractivity contribution is 7.14. The second-order valence-corrected chi connectivity index (χ2v) is 8.15. The Bertz CT molecular complexity index is 1110. The maximum Gasteiger partial charge on any atom is 0.183 e. The number of thiazole rings is 1. The molecule has 0 spiro atoms.